The standard InChI is InChI=1S/C13H20BrNO2/c1-17-13-5-4-11(10-12(13)14)6-8-15-7-2-3-9-16/h4-5,10,15-16H,2-3,6-9H2,1H3. The van der Waals surface area contributed by atoms with Crippen molar-refractivity contribution in [1.82, 2.24) is 5.32 Å². The molecule has 0 unspecified atom stereocenters. The third-order valence-electron chi connectivity index (χ3n) is 2.57. The summed E-state index contributed by atoms with van der Waals surface area (Å²) in [6.07, 6.45) is 2.91. The molecule has 0 radical (unpaired) electrons. The Morgan fingerprint density at radius 1 is 1.29 bits per heavy atom. The number of unbranched alkanes of at least 4 members (excludes halogenated alkanes) is 1. The molecule has 1 rings (SSSR count). The van der Waals surface area contributed by atoms with Crippen LogP contribution in [-0.2, 0) is 6.42 Å². The second-order valence-electron chi connectivity index (χ2n) is 3.90. The van der Waals surface area contributed by atoms with Crippen molar-refractivity contribution >= 4 is 15.9 Å². The fourth-order valence-electron chi connectivity index (χ4n) is 1.58. The lowest BCUT2D eigenvalue weighted by atomic mass is 10.1. The molecule has 0 aliphatic heterocycles. The molecular weight excluding hydrogens is 282 g/mol. The molecule has 0 spiro atoms. The Bertz CT molecular complexity index is 331. The molecule has 0 amide bonds. The third-order valence-corrected chi connectivity index (χ3v) is 3.19. The van der Waals surface area contributed by atoms with Crippen molar-refractivity contribution in [3.8, 4) is 5.75 Å². The van der Waals surface area contributed by atoms with Gasteiger partial charge in [-0.3, -0.25) is 0 Å². The fourth-order valence-corrected chi connectivity index (χ4v) is 2.17. The van der Waals surface area contributed by atoms with E-state index in [1.165, 1.54) is 5.56 Å². The molecule has 0 aliphatic rings. The predicted molar refractivity (Wildman–Crippen MR) is 73.6 cm³/mol. The Hall–Kier alpha value is -0.580. The van der Waals surface area contributed by atoms with Gasteiger partial charge in [0.05, 0.1) is 11.6 Å². The lowest BCUT2D eigenvalue weighted by Gasteiger charge is -2.07. The van der Waals surface area contributed by atoms with Crippen LogP contribution in [0.2, 0.25) is 0 Å². The molecule has 0 aliphatic carbocycles. The lowest BCUT2D eigenvalue weighted by Crippen LogP contribution is -2.18. The topological polar surface area (TPSA) is 41.5 Å². The van der Waals surface area contributed by atoms with E-state index in [1.807, 2.05) is 6.07 Å². The monoisotopic (exact) mass is 301 g/mol. The number of hydrogen-bond acceptors (Lipinski definition) is 3. The van der Waals surface area contributed by atoms with Gasteiger partial charge in [0, 0.05) is 6.61 Å². The highest BCUT2D eigenvalue weighted by atomic mass is 79.9. The number of aliphatic hydroxyl groups excluding tert-OH is 1. The Morgan fingerprint density at radius 3 is 2.76 bits per heavy atom. The van der Waals surface area contributed by atoms with Crippen molar-refractivity contribution in [3.63, 3.8) is 0 Å². The van der Waals surface area contributed by atoms with E-state index in [4.69, 9.17) is 9.84 Å². The van der Waals surface area contributed by atoms with Gasteiger partial charge < -0.3 is 15.2 Å². The molecule has 0 bridgehead atoms. The van der Waals surface area contributed by atoms with E-state index in [0.29, 0.717) is 0 Å². The first kappa shape index (κ1) is 14.5. The van der Waals surface area contributed by atoms with Crippen LogP contribution in [0.3, 0.4) is 0 Å². The van der Waals surface area contributed by atoms with Gasteiger partial charge in [0.2, 0.25) is 0 Å². The minimum absolute atomic E-state index is 0.285. The molecule has 0 aromatic heterocycles. The summed E-state index contributed by atoms with van der Waals surface area (Å²) in [7, 11) is 1.67. The van der Waals surface area contributed by atoms with Crippen molar-refractivity contribution in [1.29, 1.82) is 0 Å². The molecular formula is C13H20BrNO2. The Balaban J connectivity index is 2.25. The minimum atomic E-state index is 0.285. The lowest BCUT2D eigenvalue weighted by molar-refractivity contribution is 0.284. The zero-order valence-corrected chi connectivity index (χ0v) is 11.8. The van der Waals surface area contributed by atoms with E-state index >= 15 is 0 Å². The van der Waals surface area contributed by atoms with Crippen LogP contribution >= 0.6 is 15.9 Å². The molecule has 0 heterocycles. The molecule has 0 fully saturated rings. The number of hydrogen-bond donors (Lipinski definition) is 2. The number of ether oxygens (including phenoxy) is 1. The molecule has 0 atom stereocenters. The molecule has 1 aromatic rings. The van der Waals surface area contributed by atoms with Crippen molar-refractivity contribution in [2.24, 2.45) is 0 Å². The fraction of sp³-hybridized carbons (Fsp3) is 0.538. The molecule has 0 saturated carbocycles. The number of benzene rings is 1. The zero-order chi connectivity index (χ0) is 12.5. The normalized spacial score (nSPS) is 10.5. The van der Waals surface area contributed by atoms with Gasteiger partial charge in [-0.1, -0.05) is 6.07 Å². The number of halogens is 1. The zero-order valence-electron chi connectivity index (χ0n) is 10.2. The molecule has 3 nitrogen and oxygen atoms in total. The van der Waals surface area contributed by atoms with Gasteiger partial charge in [0.1, 0.15) is 5.75 Å². The number of rotatable bonds is 8. The van der Waals surface area contributed by atoms with Crippen molar-refractivity contribution in [3.05, 3.63) is 28.2 Å². The highest BCUT2D eigenvalue weighted by Gasteiger charge is 2.00. The summed E-state index contributed by atoms with van der Waals surface area (Å²) in [5, 5.41) is 12.0. The van der Waals surface area contributed by atoms with Crippen LogP contribution in [0, 0.1) is 0 Å². The van der Waals surface area contributed by atoms with Crippen LogP contribution < -0.4 is 10.1 Å². The van der Waals surface area contributed by atoms with Crippen LogP contribution in [0.15, 0.2) is 22.7 Å². The van der Waals surface area contributed by atoms with Crippen molar-refractivity contribution in [2.75, 3.05) is 26.8 Å². The molecule has 2 N–H and O–H groups in total. The second kappa shape index (κ2) is 8.50. The van der Waals surface area contributed by atoms with E-state index in [1.54, 1.807) is 7.11 Å². The highest BCUT2D eigenvalue weighted by Crippen LogP contribution is 2.25. The maximum Gasteiger partial charge on any atom is 0.133 e. The van der Waals surface area contributed by atoms with Gasteiger partial charge >= 0.3 is 0 Å². The van der Waals surface area contributed by atoms with Crippen LogP contribution in [0.4, 0.5) is 0 Å². The van der Waals surface area contributed by atoms with Crippen molar-refractivity contribution < 1.29 is 9.84 Å². The summed E-state index contributed by atoms with van der Waals surface area (Å²) in [6.45, 7) is 2.22. The van der Waals surface area contributed by atoms with E-state index in [2.05, 4.69) is 33.4 Å². The van der Waals surface area contributed by atoms with Crippen LogP contribution in [0.25, 0.3) is 0 Å². The molecule has 0 saturated heterocycles. The summed E-state index contributed by atoms with van der Waals surface area (Å²) in [4.78, 5) is 0. The number of aliphatic hydroxyl groups is 1. The van der Waals surface area contributed by atoms with Crippen LogP contribution in [0.5, 0.6) is 5.75 Å². The SMILES string of the molecule is COc1ccc(CCNCCCCO)cc1Br. The average molecular weight is 302 g/mol. The minimum Gasteiger partial charge on any atom is -0.496 e. The summed E-state index contributed by atoms with van der Waals surface area (Å²) in [5.74, 6) is 0.865. The molecule has 96 valence electrons. The first-order valence-corrected chi connectivity index (χ1v) is 6.71. The summed E-state index contributed by atoms with van der Waals surface area (Å²) in [5.41, 5.74) is 1.28. The Kier molecular flexibility index (Phi) is 7.24. The Labute approximate surface area is 111 Å². The summed E-state index contributed by atoms with van der Waals surface area (Å²) in [6, 6.07) is 6.15. The van der Waals surface area contributed by atoms with Crippen LogP contribution in [-0.4, -0.2) is 31.9 Å². The highest BCUT2D eigenvalue weighted by molar-refractivity contribution is 9.10. The molecule has 17 heavy (non-hydrogen) atoms. The first-order valence-electron chi connectivity index (χ1n) is 5.92. The van der Waals surface area contributed by atoms with E-state index in [-0.39, 0.29) is 6.61 Å². The predicted octanol–water partition coefficient (Wildman–Crippen LogP) is 2.36. The quantitative estimate of drug-likeness (QED) is 0.724. The third kappa shape index (κ3) is 5.52. The second-order valence-corrected chi connectivity index (χ2v) is 4.75. The van der Waals surface area contributed by atoms with Gasteiger partial charge in [-0.25, -0.2) is 0 Å². The van der Waals surface area contributed by atoms with E-state index < -0.39 is 0 Å². The smallest absolute Gasteiger partial charge is 0.133 e. The molecule has 4 heteroatoms. The average Bonchev–Trinajstić information content (AvgIpc) is 2.34. The summed E-state index contributed by atoms with van der Waals surface area (Å²) >= 11 is 3.48. The van der Waals surface area contributed by atoms with Crippen LogP contribution in [0.1, 0.15) is 18.4 Å². The summed E-state index contributed by atoms with van der Waals surface area (Å²) < 4.78 is 6.18. The maximum atomic E-state index is 8.64. The number of methoxy groups -OCH3 is 1. The molecule has 1 aromatic carbocycles. The van der Waals surface area contributed by atoms with Gasteiger partial charge in [-0.2, -0.15) is 0 Å². The van der Waals surface area contributed by atoms with E-state index in [9.17, 15) is 0 Å². The van der Waals surface area contributed by atoms with Gasteiger partial charge in [0.25, 0.3) is 0 Å². The van der Waals surface area contributed by atoms with Gasteiger partial charge in [-0.05, 0) is 66.0 Å². The largest absolute Gasteiger partial charge is 0.496 e. The first-order chi connectivity index (χ1) is 8.27. The van der Waals surface area contributed by atoms with Crippen molar-refractivity contribution in [2.45, 2.75) is 19.3 Å². The van der Waals surface area contributed by atoms with Gasteiger partial charge in [0.15, 0.2) is 0 Å². The maximum absolute atomic E-state index is 8.64. The Morgan fingerprint density at radius 2 is 2.12 bits per heavy atom. The van der Waals surface area contributed by atoms with E-state index in [0.717, 1.165) is 42.6 Å². The van der Waals surface area contributed by atoms with Gasteiger partial charge in [-0.15, -0.1) is 0 Å². The number of nitrogens with one attached hydrogen (secondary N) is 1.